The summed E-state index contributed by atoms with van der Waals surface area (Å²) in [5.41, 5.74) is 3.89. The second-order valence-corrected chi connectivity index (χ2v) is 6.00. The first-order chi connectivity index (χ1) is 11.2. The number of anilines is 2. The van der Waals surface area contributed by atoms with Crippen molar-refractivity contribution in [3.63, 3.8) is 0 Å². The third-order valence-electron chi connectivity index (χ3n) is 3.27. The fourth-order valence-electron chi connectivity index (χ4n) is 2.22. The molecule has 0 aliphatic heterocycles. The van der Waals surface area contributed by atoms with Crippen LogP contribution in [0.1, 0.15) is 12.5 Å². The molecule has 23 heavy (non-hydrogen) atoms. The van der Waals surface area contributed by atoms with Gasteiger partial charge in [0.25, 0.3) is 0 Å². The Morgan fingerprint density at radius 1 is 1.13 bits per heavy atom. The molecule has 2 aromatic carbocycles. The summed E-state index contributed by atoms with van der Waals surface area (Å²) in [5.74, 6) is -0.0781. The summed E-state index contributed by atoms with van der Waals surface area (Å²) in [4.78, 5) is 15.8. The van der Waals surface area contributed by atoms with Crippen molar-refractivity contribution < 1.29 is 4.79 Å². The van der Waals surface area contributed by atoms with Gasteiger partial charge in [-0.2, -0.15) is 0 Å². The summed E-state index contributed by atoms with van der Waals surface area (Å²) >= 11 is 1.57. The van der Waals surface area contributed by atoms with E-state index in [4.69, 9.17) is 0 Å². The van der Waals surface area contributed by atoms with Crippen molar-refractivity contribution in [2.75, 3.05) is 10.6 Å². The van der Waals surface area contributed by atoms with Crippen molar-refractivity contribution in [1.82, 2.24) is 4.98 Å². The van der Waals surface area contributed by atoms with Gasteiger partial charge in [-0.25, -0.2) is 4.98 Å². The molecule has 0 aliphatic carbocycles. The Labute approximate surface area is 139 Å². The molecular weight excluding hydrogens is 306 g/mol. The molecule has 0 unspecified atom stereocenters. The Balaban J connectivity index is 1.70. The highest BCUT2D eigenvalue weighted by molar-refractivity contribution is 7.14. The minimum absolute atomic E-state index is 0.0781. The summed E-state index contributed by atoms with van der Waals surface area (Å²) in [7, 11) is 0. The van der Waals surface area contributed by atoms with E-state index < -0.39 is 0 Å². The average molecular weight is 323 g/mol. The van der Waals surface area contributed by atoms with Gasteiger partial charge >= 0.3 is 0 Å². The lowest BCUT2D eigenvalue weighted by molar-refractivity contribution is -0.114. The fraction of sp³-hybridized carbons (Fsp3) is 0.111. The Bertz CT molecular complexity index is 799. The van der Waals surface area contributed by atoms with Gasteiger partial charge in [0.2, 0.25) is 5.91 Å². The van der Waals surface area contributed by atoms with Crippen molar-refractivity contribution in [1.29, 1.82) is 0 Å². The van der Waals surface area contributed by atoms with Gasteiger partial charge in [0.15, 0.2) is 5.13 Å². The number of aromatic nitrogens is 1. The van der Waals surface area contributed by atoms with Gasteiger partial charge < -0.3 is 10.6 Å². The van der Waals surface area contributed by atoms with Crippen LogP contribution in [0.3, 0.4) is 0 Å². The number of hydrogen-bond acceptors (Lipinski definition) is 4. The van der Waals surface area contributed by atoms with Gasteiger partial charge in [0.05, 0.1) is 5.69 Å². The molecule has 1 aromatic heterocycles. The Hall–Kier alpha value is -2.66. The van der Waals surface area contributed by atoms with Crippen LogP contribution in [0.25, 0.3) is 11.3 Å². The first-order valence-corrected chi connectivity index (χ1v) is 8.20. The molecule has 1 amide bonds. The van der Waals surface area contributed by atoms with Crippen molar-refractivity contribution in [2.24, 2.45) is 0 Å². The number of rotatable bonds is 5. The van der Waals surface area contributed by atoms with Crippen molar-refractivity contribution in [3.05, 3.63) is 65.5 Å². The predicted molar refractivity (Wildman–Crippen MR) is 95.6 cm³/mol. The topological polar surface area (TPSA) is 54.0 Å². The molecule has 3 rings (SSSR count). The standard InChI is InChI=1S/C18H17N3OS/c1-13(22)20-16-9-5-8-15(10-16)17-12-23-18(21-17)19-11-14-6-3-2-4-7-14/h2-10,12H,11H2,1H3,(H,19,21)(H,20,22). The number of hydrogen-bond donors (Lipinski definition) is 2. The first-order valence-electron chi connectivity index (χ1n) is 7.32. The van der Waals surface area contributed by atoms with Crippen LogP contribution in [0.4, 0.5) is 10.8 Å². The molecule has 0 aliphatic rings. The number of carbonyl (C=O) groups is 1. The second kappa shape index (κ2) is 7.07. The minimum atomic E-state index is -0.0781. The zero-order valence-corrected chi connectivity index (χ0v) is 13.6. The lowest BCUT2D eigenvalue weighted by atomic mass is 10.1. The highest BCUT2D eigenvalue weighted by Gasteiger charge is 2.06. The highest BCUT2D eigenvalue weighted by Crippen LogP contribution is 2.27. The number of benzene rings is 2. The Kier molecular flexibility index (Phi) is 4.68. The molecule has 116 valence electrons. The molecule has 0 atom stereocenters. The number of amides is 1. The maximum Gasteiger partial charge on any atom is 0.221 e. The van der Waals surface area contributed by atoms with Crippen LogP contribution in [0.5, 0.6) is 0 Å². The van der Waals surface area contributed by atoms with E-state index in [2.05, 4.69) is 27.8 Å². The molecule has 0 saturated heterocycles. The molecule has 0 spiro atoms. The van der Waals surface area contributed by atoms with Crippen LogP contribution in [-0.4, -0.2) is 10.9 Å². The van der Waals surface area contributed by atoms with E-state index in [1.807, 2.05) is 47.8 Å². The van der Waals surface area contributed by atoms with Crippen LogP contribution >= 0.6 is 11.3 Å². The quantitative estimate of drug-likeness (QED) is 0.732. The van der Waals surface area contributed by atoms with E-state index in [0.717, 1.165) is 28.6 Å². The largest absolute Gasteiger partial charge is 0.357 e. The van der Waals surface area contributed by atoms with Crippen LogP contribution < -0.4 is 10.6 Å². The molecule has 0 fully saturated rings. The van der Waals surface area contributed by atoms with Gasteiger partial charge in [-0.15, -0.1) is 11.3 Å². The molecule has 3 aromatic rings. The zero-order valence-electron chi connectivity index (χ0n) is 12.7. The molecule has 1 heterocycles. The number of nitrogens with one attached hydrogen (secondary N) is 2. The van der Waals surface area contributed by atoms with Gasteiger partial charge in [0, 0.05) is 30.1 Å². The number of thiazole rings is 1. The number of carbonyl (C=O) groups excluding carboxylic acids is 1. The van der Waals surface area contributed by atoms with Crippen molar-refractivity contribution in [2.45, 2.75) is 13.5 Å². The summed E-state index contributed by atoms with van der Waals surface area (Å²) < 4.78 is 0. The highest BCUT2D eigenvalue weighted by atomic mass is 32.1. The smallest absolute Gasteiger partial charge is 0.221 e. The summed E-state index contributed by atoms with van der Waals surface area (Å²) in [6.07, 6.45) is 0. The van der Waals surface area contributed by atoms with Crippen molar-refractivity contribution >= 4 is 28.1 Å². The lowest BCUT2D eigenvalue weighted by Crippen LogP contribution is -2.05. The summed E-state index contributed by atoms with van der Waals surface area (Å²) in [6.45, 7) is 2.25. The normalized spacial score (nSPS) is 10.3. The molecular formula is C18H17N3OS. The van der Waals surface area contributed by atoms with Crippen LogP contribution in [0, 0.1) is 0 Å². The minimum Gasteiger partial charge on any atom is -0.357 e. The van der Waals surface area contributed by atoms with E-state index in [0.29, 0.717) is 0 Å². The van der Waals surface area contributed by atoms with Gasteiger partial charge in [-0.3, -0.25) is 4.79 Å². The Morgan fingerprint density at radius 2 is 1.96 bits per heavy atom. The van der Waals surface area contributed by atoms with Gasteiger partial charge in [0.1, 0.15) is 0 Å². The molecule has 0 saturated carbocycles. The maximum absolute atomic E-state index is 11.2. The van der Waals surface area contributed by atoms with Crippen LogP contribution in [0.2, 0.25) is 0 Å². The summed E-state index contributed by atoms with van der Waals surface area (Å²) in [6, 6.07) is 17.9. The van der Waals surface area contributed by atoms with Crippen molar-refractivity contribution in [3.8, 4) is 11.3 Å². The number of nitrogens with zero attached hydrogens (tertiary/aromatic N) is 1. The fourth-order valence-corrected chi connectivity index (χ4v) is 2.94. The molecule has 2 N–H and O–H groups in total. The maximum atomic E-state index is 11.2. The lowest BCUT2D eigenvalue weighted by Gasteiger charge is -2.04. The van der Waals surface area contributed by atoms with Gasteiger partial charge in [-0.05, 0) is 17.7 Å². The molecule has 5 heteroatoms. The van der Waals surface area contributed by atoms with E-state index in [1.165, 1.54) is 12.5 Å². The van der Waals surface area contributed by atoms with Gasteiger partial charge in [-0.1, -0.05) is 42.5 Å². The van der Waals surface area contributed by atoms with E-state index in [1.54, 1.807) is 11.3 Å². The SMILES string of the molecule is CC(=O)Nc1cccc(-c2csc(NCc3ccccc3)n2)c1. The zero-order chi connectivity index (χ0) is 16.1. The first kappa shape index (κ1) is 15.2. The average Bonchev–Trinajstić information content (AvgIpc) is 3.03. The third-order valence-corrected chi connectivity index (χ3v) is 4.07. The molecule has 4 nitrogen and oxygen atoms in total. The van der Waals surface area contributed by atoms with Crippen LogP contribution in [0.15, 0.2) is 60.0 Å². The predicted octanol–water partition coefficient (Wildman–Crippen LogP) is 4.38. The monoisotopic (exact) mass is 323 g/mol. The Morgan fingerprint density at radius 3 is 2.74 bits per heavy atom. The second-order valence-electron chi connectivity index (χ2n) is 5.14. The molecule has 0 bridgehead atoms. The van der Waals surface area contributed by atoms with Crippen LogP contribution in [-0.2, 0) is 11.3 Å². The third kappa shape index (κ3) is 4.17. The molecule has 0 radical (unpaired) electrons. The van der Waals surface area contributed by atoms with E-state index in [-0.39, 0.29) is 5.91 Å². The van der Waals surface area contributed by atoms with E-state index >= 15 is 0 Å². The summed E-state index contributed by atoms with van der Waals surface area (Å²) in [5, 5.41) is 9.02. The van der Waals surface area contributed by atoms with E-state index in [9.17, 15) is 4.79 Å².